The molecule has 31 heavy (non-hydrogen) atoms. The molecule has 0 saturated heterocycles. The maximum atomic E-state index is 9.71. The fraction of sp³-hybridized carbons (Fsp3) is 0.556. The molecule has 0 amide bonds. The molecule has 0 aromatic heterocycles. The third-order valence-electron chi connectivity index (χ3n) is 8.46. The molecule has 3 nitrogen and oxygen atoms in total. The van der Waals surface area contributed by atoms with Gasteiger partial charge in [0.25, 0.3) is 0 Å². The zero-order chi connectivity index (χ0) is 22.3. The van der Waals surface area contributed by atoms with Gasteiger partial charge in [-0.25, -0.2) is 0 Å². The van der Waals surface area contributed by atoms with Crippen molar-refractivity contribution in [2.75, 3.05) is 6.61 Å². The predicted molar refractivity (Wildman–Crippen MR) is 129 cm³/mol. The number of benzene rings is 2. The minimum absolute atomic E-state index is 0.0946. The average molecular weight is 439 g/mol. The maximum absolute atomic E-state index is 9.71. The van der Waals surface area contributed by atoms with Gasteiger partial charge in [0.15, 0.2) is 0 Å². The van der Waals surface area contributed by atoms with Gasteiger partial charge in [0, 0.05) is 6.61 Å². The molecule has 4 heteroatoms. The lowest BCUT2D eigenvalue weighted by Crippen LogP contribution is -2.68. The quantitative estimate of drug-likeness (QED) is 0.610. The monoisotopic (exact) mass is 438 g/mol. The van der Waals surface area contributed by atoms with Crippen LogP contribution in [0.5, 0.6) is 0 Å². The van der Waals surface area contributed by atoms with Crippen LogP contribution in [0, 0.1) is 16.7 Å². The zero-order valence-corrected chi connectivity index (χ0v) is 20.7. The van der Waals surface area contributed by atoms with Gasteiger partial charge >= 0.3 is 8.56 Å². The molecule has 0 heterocycles. The molecule has 2 aliphatic carbocycles. The molecule has 2 bridgehead atoms. The standard InChI is InChI=1S/C27H38O3Si/c1-25(2,18-19-28)30-31(22-12-8-6-9-13-22,23-14-10-7-11-15-23)29-24-20-21-16-17-27(24,5)26(21,3)4/h6-15,21,24,28H,16-20H2,1-5H3/t21?,24-,27-/m1/s1. The summed E-state index contributed by atoms with van der Waals surface area (Å²) in [5, 5.41) is 12.0. The summed E-state index contributed by atoms with van der Waals surface area (Å²) in [6, 6.07) is 21.1. The van der Waals surface area contributed by atoms with E-state index in [2.05, 4.69) is 95.3 Å². The number of hydrogen-bond acceptors (Lipinski definition) is 3. The Labute approximate surface area is 189 Å². The van der Waals surface area contributed by atoms with Crippen LogP contribution in [0.4, 0.5) is 0 Å². The van der Waals surface area contributed by atoms with Gasteiger partial charge in [-0.15, -0.1) is 0 Å². The van der Waals surface area contributed by atoms with E-state index in [4.69, 9.17) is 8.85 Å². The third kappa shape index (κ3) is 3.82. The highest BCUT2D eigenvalue weighted by Crippen LogP contribution is 2.66. The van der Waals surface area contributed by atoms with Gasteiger partial charge < -0.3 is 14.0 Å². The summed E-state index contributed by atoms with van der Waals surface area (Å²) in [6.07, 6.45) is 4.34. The fourth-order valence-corrected chi connectivity index (χ4v) is 9.77. The normalized spacial score (nSPS) is 27.5. The fourth-order valence-electron chi connectivity index (χ4n) is 5.98. The second kappa shape index (κ2) is 8.15. The number of rotatable bonds is 8. The summed E-state index contributed by atoms with van der Waals surface area (Å²) >= 11 is 0. The first kappa shape index (κ1) is 22.7. The molecule has 4 rings (SSSR count). The second-order valence-electron chi connectivity index (χ2n) is 10.9. The Morgan fingerprint density at radius 2 is 1.52 bits per heavy atom. The third-order valence-corrected chi connectivity index (χ3v) is 12.1. The van der Waals surface area contributed by atoms with Crippen molar-refractivity contribution in [1.82, 2.24) is 0 Å². The summed E-state index contributed by atoms with van der Waals surface area (Å²) in [7, 11) is -3.04. The van der Waals surface area contributed by atoms with Gasteiger partial charge in [-0.05, 0) is 66.7 Å². The van der Waals surface area contributed by atoms with Crippen molar-refractivity contribution in [3.8, 4) is 0 Å². The first-order valence-electron chi connectivity index (χ1n) is 11.7. The Hall–Kier alpha value is -1.46. The summed E-state index contributed by atoms with van der Waals surface area (Å²) < 4.78 is 14.4. The topological polar surface area (TPSA) is 38.7 Å². The molecule has 2 fully saturated rings. The van der Waals surface area contributed by atoms with Crippen LogP contribution in [0.3, 0.4) is 0 Å². The largest absolute Gasteiger partial charge is 0.407 e. The lowest BCUT2D eigenvalue weighted by molar-refractivity contribution is -0.0195. The maximum Gasteiger partial charge on any atom is 0.407 e. The predicted octanol–water partition coefficient (Wildman–Crippen LogP) is 4.65. The van der Waals surface area contributed by atoms with E-state index in [0.717, 1.165) is 16.8 Å². The van der Waals surface area contributed by atoms with Crippen LogP contribution in [0.1, 0.15) is 60.3 Å². The van der Waals surface area contributed by atoms with Crippen LogP contribution < -0.4 is 10.4 Å². The van der Waals surface area contributed by atoms with E-state index in [1.54, 1.807) is 0 Å². The van der Waals surface area contributed by atoms with Crippen molar-refractivity contribution >= 4 is 18.9 Å². The van der Waals surface area contributed by atoms with Gasteiger partial charge in [0.05, 0.1) is 11.7 Å². The Morgan fingerprint density at radius 1 is 0.968 bits per heavy atom. The number of aliphatic hydroxyl groups excluding tert-OH is 1. The summed E-state index contributed by atoms with van der Waals surface area (Å²) in [5.74, 6) is 0.700. The molecular formula is C27H38O3Si. The smallest absolute Gasteiger partial charge is 0.396 e. The van der Waals surface area contributed by atoms with Gasteiger partial charge in [-0.3, -0.25) is 0 Å². The van der Waals surface area contributed by atoms with Crippen LogP contribution >= 0.6 is 0 Å². The molecule has 1 unspecified atom stereocenters. The Balaban J connectivity index is 1.84. The van der Waals surface area contributed by atoms with E-state index in [9.17, 15) is 5.11 Å². The van der Waals surface area contributed by atoms with Gasteiger partial charge in [-0.1, -0.05) is 81.4 Å². The minimum Gasteiger partial charge on any atom is -0.396 e. The van der Waals surface area contributed by atoms with Crippen LogP contribution in [0.15, 0.2) is 60.7 Å². The summed E-state index contributed by atoms with van der Waals surface area (Å²) in [5.41, 5.74) is -0.0869. The first-order valence-corrected chi connectivity index (χ1v) is 13.6. The highest BCUT2D eigenvalue weighted by atomic mass is 28.4. The molecule has 2 saturated carbocycles. The highest BCUT2D eigenvalue weighted by Gasteiger charge is 2.64. The van der Waals surface area contributed by atoms with E-state index in [1.807, 2.05) is 0 Å². The van der Waals surface area contributed by atoms with E-state index in [-0.39, 0.29) is 23.5 Å². The molecule has 2 aliphatic rings. The van der Waals surface area contributed by atoms with Crippen LogP contribution in [-0.2, 0) is 8.85 Å². The Morgan fingerprint density at radius 3 is 1.94 bits per heavy atom. The molecule has 0 radical (unpaired) electrons. The van der Waals surface area contributed by atoms with Crippen LogP contribution in [0.2, 0.25) is 0 Å². The summed E-state index contributed by atoms with van der Waals surface area (Å²) in [6.45, 7) is 11.5. The molecule has 2 aromatic carbocycles. The minimum atomic E-state index is -3.04. The number of fused-ring (bicyclic) bond motifs is 2. The second-order valence-corrected chi connectivity index (χ2v) is 13.7. The average Bonchev–Trinajstić information content (AvgIpc) is 3.08. The Bertz CT molecular complexity index is 840. The number of hydrogen-bond donors (Lipinski definition) is 1. The highest BCUT2D eigenvalue weighted by molar-refractivity contribution is 6.92. The van der Waals surface area contributed by atoms with Gasteiger partial charge in [0.1, 0.15) is 0 Å². The van der Waals surface area contributed by atoms with E-state index in [0.29, 0.717) is 12.3 Å². The van der Waals surface area contributed by atoms with E-state index >= 15 is 0 Å². The van der Waals surface area contributed by atoms with Gasteiger partial charge in [-0.2, -0.15) is 0 Å². The molecule has 1 N–H and O–H groups in total. The van der Waals surface area contributed by atoms with Gasteiger partial charge in [0.2, 0.25) is 0 Å². The molecule has 3 atom stereocenters. The van der Waals surface area contributed by atoms with Crippen molar-refractivity contribution in [3.05, 3.63) is 60.7 Å². The lowest BCUT2D eigenvalue weighted by atomic mass is 9.70. The van der Waals surface area contributed by atoms with Crippen molar-refractivity contribution in [2.24, 2.45) is 16.7 Å². The van der Waals surface area contributed by atoms with Crippen LogP contribution in [0.25, 0.3) is 0 Å². The van der Waals surface area contributed by atoms with Crippen molar-refractivity contribution < 1.29 is 14.0 Å². The molecule has 0 aliphatic heterocycles. The first-order chi connectivity index (χ1) is 14.6. The molecule has 2 aromatic rings. The van der Waals surface area contributed by atoms with E-state index in [1.165, 1.54) is 12.8 Å². The molecule has 168 valence electrons. The zero-order valence-electron chi connectivity index (χ0n) is 19.7. The van der Waals surface area contributed by atoms with Crippen molar-refractivity contribution in [1.29, 1.82) is 0 Å². The van der Waals surface area contributed by atoms with Crippen LogP contribution in [-0.4, -0.2) is 32.0 Å². The lowest BCUT2D eigenvalue weighted by Gasteiger charge is -2.45. The Kier molecular flexibility index (Phi) is 5.97. The van der Waals surface area contributed by atoms with Crippen molar-refractivity contribution in [2.45, 2.75) is 72.0 Å². The van der Waals surface area contributed by atoms with E-state index < -0.39 is 14.2 Å². The molecular weight excluding hydrogens is 400 g/mol. The molecule has 0 spiro atoms. The van der Waals surface area contributed by atoms with Crippen molar-refractivity contribution in [3.63, 3.8) is 0 Å². The summed E-state index contributed by atoms with van der Waals surface area (Å²) in [4.78, 5) is 0. The number of aliphatic hydroxyl groups is 1. The SMILES string of the molecule is CC(C)(CCO)O[Si](O[C@@H]1CC2CC[C@@]1(C)C2(C)C)(c1ccccc1)c1ccccc1.